The lowest BCUT2D eigenvalue weighted by atomic mass is 9.85. The SMILES string of the molecule is CC1NNCC1CNC(C)C(c1ccccc1)c1ccccc1. The largest absolute Gasteiger partial charge is 0.313 e. The molecule has 3 atom stereocenters. The van der Waals surface area contributed by atoms with Gasteiger partial charge in [0.2, 0.25) is 0 Å². The molecule has 3 N–H and O–H groups in total. The normalized spacial score (nSPS) is 22.4. The van der Waals surface area contributed by atoms with Crippen LogP contribution in [0, 0.1) is 5.92 Å². The molecule has 122 valence electrons. The molecular formula is C20H27N3. The number of benzene rings is 2. The average molecular weight is 309 g/mol. The smallest absolute Gasteiger partial charge is 0.0240 e. The lowest BCUT2D eigenvalue weighted by Crippen LogP contribution is -2.39. The summed E-state index contributed by atoms with van der Waals surface area (Å²) in [5, 5.41) is 3.77. The molecule has 0 bridgehead atoms. The summed E-state index contributed by atoms with van der Waals surface area (Å²) in [5.74, 6) is 1.000. The fourth-order valence-electron chi connectivity index (χ4n) is 3.44. The fraction of sp³-hybridized carbons (Fsp3) is 0.400. The van der Waals surface area contributed by atoms with E-state index < -0.39 is 0 Å². The predicted octanol–water partition coefficient (Wildman–Crippen LogP) is 2.91. The first-order chi connectivity index (χ1) is 11.3. The predicted molar refractivity (Wildman–Crippen MR) is 96.3 cm³/mol. The van der Waals surface area contributed by atoms with Crippen LogP contribution in [0.3, 0.4) is 0 Å². The van der Waals surface area contributed by atoms with E-state index in [-0.39, 0.29) is 0 Å². The summed E-state index contributed by atoms with van der Waals surface area (Å²) in [6.07, 6.45) is 0. The molecule has 3 nitrogen and oxygen atoms in total. The highest BCUT2D eigenvalue weighted by Crippen LogP contribution is 2.28. The minimum absolute atomic E-state index is 0.370. The molecule has 3 heteroatoms. The quantitative estimate of drug-likeness (QED) is 0.768. The van der Waals surface area contributed by atoms with E-state index in [4.69, 9.17) is 0 Å². The van der Waals surface area contributed by atoms with E-state index in [2.05, 4.69) is 90.7 Å². The zero-order valence-electron chi connectivity index (χ0n) is 14.0. The summed E-state index contributed by atoms with van der Waals surface area (Å²) in [6.45, 7) is 6.59. The Morgan fingerprint density at radius 2 is 1.57 bits per heavy atom. The molecule has 0 aliphatic carbocycles. The Labute approximate surface area is 139 Å². The molecule has 1 fully saturated rings. The van der Waals surface area contributed by atoms with Gasteiger partial charge in [0, 0.05) is 37.0 Å². The molecule has 1 saturated heterocycles. The molecule has 3 rings (SSSR count). The fourth-order valence-corrected chi connectivity index (χ4v) is 3.44. The third-order valence-corrected chi connectivity index (χ3v) is 4.92. The molecule has 3 unspecified atom stereocenters. The maximum absolute atomic E-state index is 3.77. The second kappa shape index (κ2) is 7.73. The molecular weight excluding hydrogens is 282 g/mol. The first-order valence-corrected chi connectivity index (χ1v) is 8.57. The monoisotopic (exact) mass is 309 g/mol. The van der Waals surface area contributed by atoms with E-state index in [0.29, 0.717) is 23.9 Å². The highest BCUT2D eigenvalue weighted by atomic mass is 15.4. The highest BCUT2D eigenvalue weighted by Gasteiger charge is 2.25. The first-order valence-electron chi connectivity index (χ1n) is 8.57. The van der Waals surface area contributed by atoms with Crippen LogP contribution in [-0.2, 0) is 0 Å². The van der Waals surface area contributed by atoms with Crippen molar-refractivity contribution in [3.63, 3.8) is 0 Å². The topological polar surface area (TPSA) is 36.1 Å². The van der Waals surface area contributed by atoms with Crippen molar-refractivity contribution in [2.75, 3.05) is 13.1 Å². The molecule has 0 amide bonds. The van der Waals surface area contributed by atoms with Gasteiger partial charge in [-0.3, -0.25) is 10.9 Å². The van der Waals surface area contributed by atoms with Crippen molar-refractivity contribution in [2.45, 2.75) is 31.8 Å². The molecule has 0 aromatic heterocycles. The minimum atomic E-state index is 0.370. The second-order valence-electron chi connectivity index (χ2n) is 6.57. The van der Waals surface area contributed by atoms with Crippen molar-refractivity contribution in [3.8, 4) is 0 Å². The number of hydrogen-bond acceptors (Lipinski definition) is 3. The summed E-state index contributed by atoms with van der Waals surface area (Å²) in [6, 6.07) is 22.5. The molecule has 1 aliphatic rings. The summed E-state index contributed by atoms with van der Waals surface area (Å²) >= 11 is 0. The van der Waals surface area contributed by atoms with Crippen LogP contribution >= 0.6 is 0 Å². The van der Waals surface area contributed by atoms with Gasteiger partial charge >= 0.3 is 0 Å². The van der Waals surface area contributed by atoms with Gasteiger partial charge in [-0.1, -0.05) is 60.7 Å². The molecule has 23 heavy (non-hydrogen) atoms. The van der Waals surface area contributed by atoms with Crippen molar-refractivity contribution < 1.29 is 0 Å². The van der Waals surface area contributed by atoms with Gasteiger partial charge < -0.3 is 5.32 Å². The van der Waals surface area contributed by atoms with Crippen LogP contribution in [0.2, 0.25) is 0 Å². The van der Waals surface area contributed by atoms with E-state index >= 15 is 0 Å². The molecule has 0 radical (unpaired) electrons. The van der Waals surface area contributed by atoms with Crippen LogP contribution in [0.25, 0.3) is 0 Å². The van der Waals surface area contributed by atoms with Crippen LogP contribution in [0.5, 0.6) is 0 Å². The number of rotatable bonds is 6. The second-order valence-corrected chi connectivity index (χ2v) is 6.57. The maximum atomic E-state index is 3.77. The third kappa shape index (κ3) is 3.99. The summed E-state index contributed by atoms with van der Waals surface area (Å²) in [4.78, 5) is 0. The van der Waals surface area contributed by atoms with Crippen LogP contribution < -0.4 is 16.2 Å². The van der Waals surface area contributed by atoms with Gasteiger partial charge in [0.05, 0.1) is 0 Å². The van der Waals surface area contributed by atoms with Crippen molar-refractivity contribution >= 4 is 0 Å². The summed E-state index contributed by atoms with van der Waals surface area (Å²) in [7, 11) is 0. The van der Waals surface area contributed by atoms with E-state index in [1.807, 2.05) is 0 Å². The standard InChI is InChI=1S/C20H27N3/c1-15-19(14-22-23-15)13-21-16(2)20(17-9-5-3-6-10-17)18-11-7-4-8-12-18/h3-12,15-16,19-23H,13-14H2,1-2H3. The Balaban J connectivity index is 1.75. The van der Waals surface area contributed by atoms with E-state index in [9.17, 15) is 0 Å². The highest BCUT2D eigenvalue weighted by molar-refractivity contribution is 5.34. The Morgan fingerprint density at radius 3 is 2.04 bits per heavy atom. The van der Waals surface area contributed by atoms with Crippen molar-refractivity contribution in [1.29, 1.82) is 0 Å². The Morgan fingerprint density at radius 1 is 1.00 bits per heavy atom. The average Bonchev–Trinajstić information content (AvgIpc) is 3.00. The van der Waals surface area contributed by atoms with Gasteiger partial charge in [-0.15, -0.1) is 0 Å². The summed E-state index contributed by atoms with van der Waals surface area (Å²) < 4.78 is 0. The lowest BCUT2D eigenvalue weighted by molar-refractivity contribution is 0.408. The van der Waals surface area contributed by atoms with Gasteiger partial charge in [0.1, 0.15) is 0 Å². The van der Waals surface area contributed by atoms with Crippen LogP contribution in [0.1, 0.15) is 30.9 Å². The van der Waals surface area contributed by atoms with Gasteiger partial charge in [-0.05, 0) is 25.0 Å². The zero-order valence-corrected chi connectivity index (χ0v) is 14.0. The van der Waals surface area contributed by atoms with E-state index in [1.165, 1.54) is 11.1 Å². The number of hydrogen-bond donors (Lipinski definition) is 3. The Hall–Kier alpha value is -1.68. The van der Waals surface area contributed by atoms with Crippen LogP contribution in [0.15, 0.2) is 60.7 Å². The number of nitrogens with one attached hydrogen (secondary N) is 3. The van der Waals surface area contributed by atoms with Crippen LogP contribution in [-0.4, -0.2) is 25.2 Å². The molecule has 1 heterocycles. The van der Waals surface area contributed by atoms with Gasteiger partial charge in [-0.25, -0.2) is 0 Å². The van der Waals surface area contributed by atoms with E-state index in [1.54, 1.807) is 0 Å². The van der Waals surface area contributed by atoms with Crippen LogP contribution in [0.4, 0.5) is 0 Å². The van der Waals surface area contributed by atoms with Gasteiger partial charge in [0.25, 0.3) is 0 Å². The first kappa shape index (κ1) is 16.2. The van der Waals surface area contributed by atoms with Gasteiger partial charge in [0.15, 0.2) is 0 Å². The van der Waals surface area contributed by atoms with E-state index in [0.717, 1.165) is 13.1 Å². The van der Waals surface area contributed by atoms with Gasteiger partial charge in [-0.2, -0.15) is 0 Å². The summed E-state index contributed by atoms with van der Waals surface area (Å²) in [5.41, 5.74) is 9.28. The lowest BCUT2D eigenvalue weighted by Gasteiger charge is -2.28. The number of hydrazine groups is 1. The molecule has 1 aliphatic heterocycles. The van der Waals surface area contributed by atoms with Crippen molar-refractivity contribution in [1.82, 2.24) is 16.2 Å². The molecule has 2 aromatic rings. The minimum Gasteiger partial charge on any atom is -0.313 e. The zero-order chi connectivity index (χ0) is 16.1. The Kier molecular flexibility index (Phi) is 5.44. The maximum Gasteiger partial charge on any atom is 0.0240 e. The molecule has 0 saturated carbocycles. The van der Waals surface area contributed by atoms with Crippen molar-refractivity contribution in [3.05, 3.63) is 71.8 Å². The molecule has 0 spiro atoms. The third-order valence-electron chi connectivity index (χ3n) is 4.92. The molecule has 2 aromatic carbocycles. The van der Waals surface area contributed by atoms with Crippen molar-refractivity contribution in [2.24, 2.45) is 5.92 Å². The Bertz CT molecular complexity index is 545.